The van der Waals surface area contributed by atoms with E-state index in [0.29, 0.717) is 30.9 Å². The van der Waals surface area contributed by atoms with Crippen LogP contribution in [0.5, 0.6) is 5.75 Å². The maximum Gasteiger partial charge on any atom is 0.250 e. The number of pyridine rings is 1. The Balaban J connectivity index is 2.17. The third-order valence-electron chi connectivity index (χ3n) is 4.82. The van der Waals surface area contributed by atoms with E-state index in [1.807, 2.05) is 24.3 Å². The van der Waals surface area contributed by atoms with E-state index in [1.54, 1.807) is 20.4 Å². The molecule has 28 heavy (non-hydrogen) atoms. The van der Waals surface area contributed by atoms with Crippen molar-refractivity contribution in [1.29, 1.82) is 0 Å². The van der Waals surface area contributed by atoms with Gasteiger partial charge in [-0.3, -0.25) is 9.78 Å². The lowest BCUT2D eigenvalue weighted by atomic mass is 9.94. The number of carbonyl (C=O) groups is 1. The summed E-state index contributed by atoms with van der Waals surface area (Å²) in [6, 6.07) is 12.0. The van der Waals surface area contributed by atoms with E-state index in [4.69, 9.17) is 15.2 Å². The molecule has 0 aliphatic carbocycles. The first-order valence-electron chi connectivity index (χ1n) is 9.12. The molecule has 0 unspecified atom stereocenters. The molecule has 146 valence electrons. The fourth-order valence-corrected chi connectivity index (χ4v) is 3.27. The van der Waals surface area contributed by atoms with Crippen molar-refractivity contribution in [3.8, 4) is 5.75 Å². The number of fused-ring (bicyclic) bond motifs is 1. The van der Waals surface area contributed by atoms with Gasteiger partial charge in [-0.1, -0.05) is 24.3 Å². The van der Waals surface area contributed by atoms with Crippen LogP contribution in [0.25, 0.3) is 10.9 Å². The lowest BCUT2D eigenvalue weighted by molar-refractivity contribution is 0.0999. The zero-order valence-corrected chi connectivity index (χ0v) is 16.4. The smallest absolute Gasteiger partial charge is 0.250 e. The van der Waals surface area contributed by atoms with Gasteiger partial charge in [0, 0.05) is 31.3 Å². The number of ether oxygens (including phenoxy) is 2. The number of amides is 1. The third-order valence-corrected chi connectivity index (χ3v) is 4.82. The summed E-state index contributed by atoms with van der Waals surface area (Å²) in [5, 5.41) is 4.19. The first-order valence-corrected chi connectivity index (χ1v) is 9.12. The fraction of sp³-hybridized carbons (Fsp3) is 0.273. The second kappa shape index (κ2) is 8.71. The zero-order chi connectivity index (χ0) is 20.1. The lowest BCUT2D eigenvalue weighted by Gasteiger charge is -2.16. The Kier molecular flexibility index (Phi) is 6.11. The number of benzene rings is 2. The number of primary amides is 1. The van der Waals surface area contributed by atoms with Crippen LogP contribution in [-0.2, 0) is 11.2 Å². The molecule has 0 saturated heterocycles. The second-order valence-electron chi connectivity index (χ2n) is 6.61. The molecule has 0 aliphatic heterocycles. The van der Waals surface area contributed by atoms with E-state index in [9.17, 15) is 4.79 Å². The van der Waals surface area contributed by atoms with Gasteiger partial charge in [0.15, 0.2) is 0 Å². The van der Waals surface area contributed by atoms with Crippen LogP contribution in [0.2, 0.25) is 0 Å². The van der Waals surface area contributed by atoms with E-state index in [0.717, 1.165) is 33.3 Å². The van der Waals surface area contributed by atoms with Crippen molar-refractivity contribution in [3.05, 3.63) is 64.8 Å². The average Bonchev–Trinajstić information content (AvgIpc) is 2.69. The van der Waals surface area contributed by atoms with Crippen LogP contribution in [0.3, 0.4) is 0 Å². The summed E-state index contributed by atoms with van der Waals surface area (Å²) in [6.07, 6.45) is 2.14. The minimum Gasteiger partial charge on any atom is -0.495 e. The number of nitrogens with two attached hydrogens (primary N) is 1. The van der Waals surface area contributed by atoms with Crippen molar-refractivity contribution < 1.29 is 14.3 Å². The van der Waals surface area contributed by atoms with Crippen molar-refractivity contribution in [2.75, 3.05) is 32.7 Å². The number of aryl methyl sites for hydroxylation is 1. The van der Waals surface area contributed by atoms with Crippen molar-refractivity contribution >= 4 is 22.5 Å². The molecule has 2 aromatic carbocycles. The van der Waals surface area contributed by atoms with Crippen molar-refractivity contribution in [2.45, 2.75) is 13.3 Å². The molecule has 1 amide bonds. The van der Waals surface area contributed by atoms with Crippen molar-refractivity contribution in [1.82, 2.24) is 4.98 Å². The highest BCUT2D eigenvalue weighted by Crippen LogP contribution is 2.33. The Bertz CT molecular complexity index is 1000. The molecule has 0 fully saturated rings. The normalized spacial score (nSPS) is 10.8. The number of methoxy groups -OCH3 is 2. The molecule has 3 rings (SSSR count). The Morgan fingerprint density at radius 2 is 2.00 bits per heavy atom. The highest BCUT2D eigenvalue weighted by atomic mass is 16.5. The second-order valence-corrected chi connectivity index (χ2v) is 6.61. The van der Waals surface area contributed by atoms with Crippen molar-refractivity contribution in [3.63, 3.8) is 0 Å². The van der Waals surface area contributed by atoms with Crippen LogP contribution >= 0.6 is 0 Å². The molecule has 1 aromatic heterocycles. The Morgan fingerprint density at radius 3 is 2.68 bits per heavy atom. The Hall–Kier alpha value is -3.12. The summed E-state index contributed by atoms with van der Waals surface area (Å²) in [5.74, 6) is 0.201. The average molecular weight is 379 g/mol. The van der Waals surface area contributed by atoms with E-state index >= 15 is 0 Å². The SMILES string of the molecule is COCCNc1cc2c(Cc3ccccc3C)c(C(N)=O)cnc2cc1OC. The van der Waals surface area contributed by atoms with Gasteiger partial charge in [-0.25, -0.2) is 0 Å². The molecular formula is C22H25N3O3. The van der Waals surface area contributed by atoms with Crippen molar-refractivity contribution in [2.24, 2.45) is 5.73 Å². The number of carbonyl (C=O) groups excluding carboxylic acids is 1. The number of hydrogen-bond acceptors (Lipinski definition) is 5. The first-order chi connectivity index (χ1) is 13.5. The van der Waals surface area contributed by atoms with Crippen LogP contribution in [-0.4, -0.2) is 38.3 Å². The summed E-state index contributed by atoms with van der Waals surface area (Å²) >= 11 is 0. The number of nitrogens with one attached hydrogen (secondary N) is 1. The highest BCUT2D eigenvalue weighted by molar-refractivity contribution is 6.00. The summed E-state index contributed by atoms with van der Waals surface area (Å²) < 4.78 is 10.6. The van der Waals surface area contributed by atoms with E-state index in [2.05, 4.69) is 29.4 Å². The summed E-state index contributed by atoms with van der Waals surface area (Å²) in [4.78, 5) is 16.5. The summed E-state index contributed by atoms with van der Waals surface area (Å²) in [6.45, 7) is 3.26. The molecule has 6 nitrogen and oxygen atoms in total. The van der Waals surface area contributed by atoms with Gasteiger partial charge in [-0.2, -0.15) is 0 Å². The molecule has 0 atom stereocenters. The third kappa shape index (κ3) is 4.07. The Labute approximate surface area is 164 Å². The van der Waals surface area contributed by atoms with Crippen LogP contribution < -0.4 is 15.8 Å². The van der Waals surface area contributed by atoms with E-state index in [-0.39, 0.29) is 0 Å². The molecule has 0 radical (unpaired) electrons. The molecule has 6 heteroatoms. The van der Waals surface area contributed by atoms with Gasteiger partial charge >= 0.3 is 0 Å². The van der Waals surface area contributed by atoms with Gasteiger partial charge in [0.25, 0.3) is 5.91 Å². The predicted octanol–water partition coefficient (Wildman–Crippen LogP) is 3.30. The first kappa shape index (κ1) is 19.6. The molecule has 0 bridgehead atoms. The molecule has 1 heterocycles. The molecule has 3 aromatic rings. The van der Waals surface area contributed by atoms with Crippen LogP contribution in [0.15, 0.2) is 42.6 Å². The molecule has 0 spiro atoms. The minimum atomic E-state index is -0.484. The standard InChI is InChI=1S/C22H25N3O3/c1-14-6-4-5-7-15(14)10-16-17-11-20(24-8-9-27-2)21(28-3)12-19(17)25-13-18(16)22(23)26/h4-7,11-13,24H,8-10H2,1-3H3,(H2,23,26). The monoisotopic (exact) mass is 379 g/mol. The topological polar surface area (TPSA) is 86.5 Å². The maximum absolute atomic E-state index is 12.1. The number of nitrogens with zero attached hydrogens (tertiary/aromatic N) is 1. The molecule has 3 N–H and O–H groups in total. The molecule has 0 aliphatic rings. The zero-order valence-electron chi connectivity index (χ0n) is 16.4. The van der Waals surface area contributed by atoms with Gasteiger partial charge in [0.1, 0.15) is 5.75 Å². The van der Waals surface area contributed by atoms with Gasteiger partial charge in [0.2, 0.25) is 0 Å². The quantitative estimate of drug-likeness (QED) is 0.587. The van der Waals surface area contributed by atoms with Gasteiger partial charge in [-0.15, -0.1) is 0 Å². The highest BCUT2D eigenvalue weighted by Gasteiger charge is 2.17. The van der Waals surface area contributed by atoms with Crippen LogP contribution in [0, 0.1) is 6.92 Å². The largest absolute Gasteiger partial charge is 0.495 e. The maximum atomic E-state index is 12.1. The number of anilines is 1. The van der Waals surface area contributed by atoms with Gasteiger partial charge in [0.05, 0.1) is 30.5 Å². The van der Waals surface area contributed by atoms with E-state index in [1.165, 1.54) is 0 Å². The molecule has 0 saturated carbocycles. The van der Waals surface area contributed by atoms with Gasteiger partial charge < -0.3 is 20.5 Å². The fourth-order valence-electron chi connectivity index (χ4n) is 3.27. The predicted molar refractivity (Wildman–Crippen MR) is 111 cm³/mol. The van der Waals surface area contributed by atoms with E-state index < -0.39 is 5.91 Å². The molecular weight excluding hydrogens is 354 g/mol. The van der Waals surface area contributed by atoms with Crippen LogP contribution in [0.4, 0.5) is 5.69 Å². The number of aromatic nitrogens is 1. The summed E-state index contributed by atoms with van der Waals surface area (Å²) in [7, 11) is 3.28. The number of hydrogen-bond donors (Lipinski definition) is 2. The van der Waals surface area contributed by atoms with Gasteiger partial charge in [-0.05, 0) is 36.1 Å². The number of rotatable bonds is 8. The summed E-state index contributed by atoms with van der Waals surface area (Å²) in [5.41, 5.74) is 10.8. The minimum absolute atomic E-state index is 0.434. The van der Waals surface area contributed by atoms with Crippen LogP contribution in [0.1, 0.15) is 27.0 Å². The lowest BCUT2D eigenvalue weighted by Crippen LogP contribution is -2.15. The Morgan fingerprint density at radius 1 is 1.21 bits per heavy atom.